The maximum absolute atomic E-state index is 12.3. The minimum atomic E-state index is -1.17. The lowest BCUT2D eigenvalue weighted by atomic mass is 9.94. The van der Waals surface area contributed by atoms with E-state index in [1.807, 2.05) is 44.2 Å². The molecule has 0 radical (unpaired) electrons. The topological polar surface area (TPSA) is 105 Å². The molecule has 0 saturated carbocycles. The van der Waals surface area contributed by atoms with Crippen LogP contribution >= 0.6 is 0 Å². The third kappa shape index (κ3) is 5.29. The first-order chi connectivity index (χ1) is 11.8. The number of aliphatic carboxylic acids is 1. The third-order valence-electron chi connectivity index (χ3n) is 3.83. The molecule has 25 heavy (non-hydrogen) atoms. The normalized spacial score (nSPS) is 21.3. The lowest BCUT2D eigenvalue weighted by Gasteiger charge is -2.29. The number of hydrogen-bond acceptors (Lipinski definition) is 5. The monoisotopic (exact) mass is 349 g/mol. The van der Waals surface area contributed by atoms with Gasteiger partial charge in [0, 0.05) is 6.92 Å². The standard InChI is InChI=1S/C18H23NO6/c1-10(2)9-13(19-17(21)15-16(25-15)18(22)23)14(24-11(3)20)12-7-5-4-6-8-12/h4-8,10,13-16H,9H2,1-3H3,(H,19,21)(H,22,23)/t13?,14-,15-,16-/m0/s1. The van der Waals surface area contributed by atoms with Crippen LogP contribution in [0.4, 0.5) is 0 Å². The van der Waals surface area contributed by atoms with Gasteiger partial charge in [0.1, 0.15) is 6.10 Å². The Kier molecular flexibility index (Phi) is 6.14. The highest BCUT2D eigenvalue weighted by Crippen LogP contribution is 2.28. The Morgan fingerprint density at radius 2 is 1.84 bits per heavy atom. The van der Waals surface area contributed by atoms with Gasteiger partial charge in [-0.05, 0) is 17.9 Å². The Balaban J connectivity index is 2.18. The maximum Gasteiger partial charge on any atom is 0.336 e. The van der Waals surface area contributed by atoms with Gasteiger partial charge in [-0.25, -0.2) is 4.79 Å². The number of rotatable bonds is 8. The van der Waals surface area contributed by atoms with Crippen molar-refractivity contribution in [3.05, 3.63) is 35.9 Å². The predicted molar refractivity (Wildman–Crippen MR) is 88.6 cm³/mol. The van der Waals surface area contributed by atoms with Crippen molar-refractivity contribution in [3.63, 3.8) is 0 Å². The first kappa shape index (κ1) is 18.9. The van der Waals surface area contributed by atoms with Crippen molar-refractivity contribution in [2.45, 2.75) is 51.5 Å². The molecule has 0 aromatic heterocycles. The second-order valence-electron chi connectivity index (χ2n) is 6.50. The fourth-order valence-electron chi connectivity index (χ4n) is 2.73. The van der Waals surface area contributed by atoms with Gasteiger partial charge >= 0.3 is 11.9 Å². The molecule has 7 nitrogen and oxygen atoms in total. The van der Waals surface area contributed by atoms with E-state index in [0.717, 1.165) is 5.56 Å². The fourth-order valence-corrected chi connectivity index (χ4v) is 2.73. The third-order valence-corrected chi connectivity index (χ3v) is 3.83. The SMILES string of the molecule is CC(=O)O[C@@H](c1ccccc1)C(CC(C)C)NC(=O)[C@H]1O[C@@H]1C(=O)O. The van der Waals surface area contributed by atoms with Crippen LogP contribution in [0.3, 0.4) is 0 Å². The molecule has 0 aliphatic carbocycles. The molecule has 2 N–H and O–H groups in total. The van der Waals surface area contributed by atoms with Gasteiger partial charge in [0.25, 0.3) is 5.91 Å². The zero-order chi connectivity index (χ0) is 18.6. The minimum absolute atomic E-state index is 0.225. The number of epoxide rings is 1. The Morgan fingerprint density at radius 3 is 2.32 bits per heavy atom. The summed E-state index contributed by atoms with van der Waals surface area (Å²) < 4.78 is 10.4. The van der Waals surface area contributed by atoms with E-state index >= 15 is 0 Å². The number of carbonyl (C=O) groups excluding carboxylic acids is 2. The molecule has 1 aromatic carbocycles. The molecule has 0 bridgehead atoms. The number of carboxylic acids is 1. The largest absolute Gasteiger partial charge is 0.479 e. The fraction of sp³-hybridized carbons (Fsp3) is 0.500. The van der Waals surface area contributed by atoms with Crippen LogP contribution < -0.4 is 5.32 Å². The van der Waals surface area contributed by atoms with Crippen molar-refractivity contribution in [3.8, 4) is 0 Å². The zero-order valence-corrected chi connectivity index (χ0v) is 14.5. The average Bonchev–Trinajstić information content (AvgIpc) is 3.33. The first-order valence-corrected chi connectivity index (χ1v) is 8.20. The van der Waals surface area contributed by atoms with Crippen LogP contribution in [0, 0.1) is 5.92 Å². The van der Waals surface area contributed by atoms with Gasteiger partial charge in [-0.1, -0.05) is 44.2 Å². The summed E-state index contributed by atoms with van der Waals surface area (Å²) in [4.78, 5) is 34.7. The van der Waals surface area contributed by atoms with E-state index in [0.29, 0.717) is 6.42 Å². The molecule has 1 fully saturated rings. The van der Waals surface area contributed by atoms with E-state index < -0.39 is 42.2 Å². The van der Waals surface area contributed by atoms with Crippen molar-refractivity contribution in [1.29, 1.82) is 0 Å². The van der Waals surface area contributed by atoms with Crippen molar-refractivity contribution < 1.29 is 29.0 Å². The number of nitrogens with one attached hydrogen (secondary N) is 1. The van der Waals surface area contributed by atoms with Crippen molar-refractivity contribution in [1.82, 2.24) is 5.32 Å². The number of amides is 1. The van der Waals surface area contributed by atoms with Crippen LogP contribution in [0.1, 0.15) is 38.9 Å². The Morgan fingerprint density at radius 1 is 1.20 bits per heavy atom. The van der Waals surface area contributed by atoms with Gasteiger partial charge in [0.05, 0.1) is 6.04 Å². The van der Waals surface area contributed by atoms with E-state index in [1.54, 1.807) is 0 Å². The van der Waals surface area contributed by atoms with Gasteiger partial charge < -0.3 is 19.9 Å². The summed E-state index contributed by atoms with van der Waals surface area (Å²) in [6.07, 6.45) is -2.21. The van der Waals surface area contributed by atoms with Gasteiger partial charge in [0.2, 0.25) is 0 Å². The molecular weight excluding hydrogens is 326 g/mol. The molecule has 1 aliphatic heterocycles. The van der Waals surface area contributed by atoms with Crippen LogP contribution in [0.2, 0.25) is 0 Å². The molecule has 1 unspecified atom stereocenters. The number of ether oxygens (including phenoxy) is 2. The number of benzene rings is 1. The van der Waals surface area contributed by atoms with Crippen molar-refractivity contribution >= 4 is 17.8 Å². The lowest BCUT2D eigenvalue weighted by Crippen LogP contribution is -2.44. The summed E-state index contributed by atoms with van der Waals surface area (Å²) in [6, 6.07) is 8.65. The van der Waals surface area contributed by atoms with E-state index in [2.05, 4.69) is 5.32 Å². The smallest absolute Gasteiger partial charge is 0.336 e. The molecular formula is C18H23NO6. The summed E-state index contributed by atoms with van der Waals surface area (Å²) in [5.41, 5.74) is 0.759. The summed E-state index contributed by atoms with van der Waals surface area (Å²) in [5, 5.41) is 11.7. The van der Waals surface area contributed by atoms with E-state index in [9.17, 15) is 14.4 Å². The summed E-state index contributed by atoms with van der Waals surface area (Å²) in [5.74, 6) is -1.91. The maximum atomic E-state index is 12.3. The minimum Gasteiger partial charge on any atom is -0.479 e. The van der Waals surface area contributed by atoms with E-state index in [4.69, 9.17) is 14.6 Å². The Labute approximate surface area is 146 Å². The molecule has 7 heteroatoms. The van der Waals surface area contributed by atoms with Gasteiger partial charge in [-0.3, -0.25) is 9.59 Å². The molecule has 1 aliphatic rings. The zero-order valence-electron chi connectivity index (χ0n) is 14.5. The number of carbonyl (C=O) groups is 3. The molecule has 4 atom stereocenters. The quantitative estimate of drug-likeness (QED) is 0.546. The van der Waals surface area contributed by atoms with E-state index in [1.165, 1.54) is 6.92 Å². The van der Waals surface area contributed by atoms with Gasteiger partial charge in [0.15, 0.2) is 12.2 Å². The second-order valence-corrected chi connectivity index (χ2v) is 6.50. The van der Waals surface area contributed by atoms with E-state index in [-0.39, 0.29) is 5.92 Å². The van der Waals surface area contributed by atoms with Crippen LogP contribution in [-0.4, -0.2) is 41.2 Å². The Bertz CT molecular complexity index is 630. The van der Waals surface area contributed by atoms with Crippen molar-refractivity contribution in [2.24, 2.45) is 5.92 Å². The number of esters is 1. The summed E-state index contributed by atoms with van der Waals surface area (Å²) >= 11 is 0. The highest BCUT2D eigenvalue weighted by Gasteiger charge is 2.51. The molecule has 136 valence electrons. The Hall–Kier alpha value is -2.41. The highest BCUT2D eigenvalue weighted by atomic mass is 16.6. The highest BCUT2D eigenvalue weighted by molar-refractivity contribution is 5.92. The number of hydrogen-bond donors (Lipinski definition) is 2. The summed E-state index contributed by atoms with van der Waals surface area (Å²) in [6.45, 7) is 5.29. The first-order valence-electron chi connectivity index (χ1n) is 8.20. The predicted octanol–water partition coefficient (Wildman–Crippen LogP) is 1.67. The van der Waals surface area contributed by atoms with Gasteiger partial charge in [-0.2, -0.15) is 0 Å². The number of carboxylic acid groups (broad SMARTS) is 1. The average molecular weight is 349 g/mol. The molecule has 1 heterocycles. The molecule has 2 rings (SSSR count). The van der Waals surface area contributed by atoms with Crippen LogP contribution in [-0.2, 0) is 23.9 Å². The molecule has 1 saturated heterocycles. The lowest BCUT2D eigenvalue weighted by molar-refractivity contribution is -0.149. The van der Waals surface area contributed by atoms with Crippen molar-refractivity contribution in [2.75, 3.05) is 0 Å². The molecule has 1 amide bonds. The van der Waals surface area contributed by atoms with Crippen LogP contribution in [0.15, 0.2) is 30.3 Å². The molecule has 1 aromatic rings. The second kappa shape index (κ2) is 8.11. The van der Waals surface area contributed by atoms with Crippen LogP contribution in [0.25, 0.3) is 0 Å². The van der Waals surface area contributed by atoms with Crippen LogP contribution in [0.5, 0.6) is 0 Å². The molecule has 0 spiro atoms. The van der Waals surface area contributed by atoms with Gasteiger partial charge in [-0.15, -0.1) is 0 Å². The summed E-state index contributed by atoms with van der Waals surface area (Å²) in [7, 11) is 0.